The van der Waals surface area contributed by atoms with Crippen LogP contribution < -0.4 is 5.32 Å². The lowest BCUT2D eigenvalue weighted by Gasteiger charge is -2.31. The predicted octanol–water partition coefficient (Wildman–Crippen LogP) is 4.34. The quantitative estimate of drug-likeness (QED) is 0.838. The molecule has 0 unspecified atom stereocenters. The van der Waals surface area contributed by atoms with Crippen LogP contribution in [0.25, 0.3) is 0 Å². The van der Waals surface area contributed by atoms with E-state index in [2.05, 4.69) is 29.6 Å². The van der Waals surface area contributed by atoms with Gasteiger partial charge in [-0.3, -0.25) is 4.99 Å². The van der Waals surface area contributed by atoms with E-state index in [1.54, 1.807) is 0 Å². The fourth-order valence-corrected chi connectivity index (χ4v) is 3.25. The van der Waals surface area contributed by atoms with E-state index in [-0.39, 0.29) is 0 Å². The van der Waals surface area contributed by atoms with E-state index in [9.17, 15) is 0 Å². The zero-order chi connectivity index (χ0) is 15.3. The number of amidine groups is 1. The van der Waals surface area contributed by atoms with Gasteiger partial charge in [0, 0.05) is 13.1 Å². The molecular weight excluding hydrogens is 292 g/mol. The normalized spacial score (nSPS) is 16.1. The van der Waals surface area contributed by atoms with Crippen molar-refractivity contribution in [3.63, 3.8) is 0 Å². The SMILES string of the molecule is ClC(C1=NCCCCCN1)(c1ccccc1)c1ccccc1. The van der Waals surface area contributed by atoms with Crippen LogP contribution in [0.5, 0.6) is 0 Å². The minimum atomic E-state index is -0.750. The molecule has 0 saturated heterocycles. The second-order valence-electron chi connectivity index (χ2n) is 5.61. The minimum absolute atomic E-state index is 0.750. The zero-order valence-corrected chi connectivity index (χ0v) is 13.4. The van der Waals surface area contributed by atoms with Gasteiger partial charge in [-0.15, -0.1) is 11.6 Å². The number of hydrogen-bond acceptors (Lipinski definition) is 2. The Morgan fingerprint density at radius 1 is 0.818 bits per heavy atom. The zero-order valence-electron chi connectivity index (χ0n) is 12.6. The lowest BCUT2D eigenvalue weighted by molar-refractivity contribution is 0.639. The number of hydrogen-bond donors (Lipinski definition) is 1. The molecule has 0 bridgehead atoms. The molecule has 2 aromatic rings. The number of benzene rings is 2. The molecule has 0 saturated carbocycles. The van der Waals surface area contributed by atoms with Crippen LogP contribution in [0.2, 0.25) is 0 Å². The van der Waals surface area contributed by atoms with Crippen molar-refractivity contribution < 1.29 is 0 Å². The molecule has 0 aromatic heterocycles. The van der Waals surface area contributed by atoms with Gasteiger partial charge < -0.3 is 5.32 Å². The van der Waals surface area contributed by atoms with Crippen molar-refractivity contribution >= 4 is 17.4 Å². The molecular formula is C19H21ClN2. The van der Waals surface area contributed by atoms with Gasteiger partial charge in [0.05, 0.1) is 0 Å². The summed E-state index contributed by atoms with van der Waals surface area (Å²) in [6.45, 7) is 1.75. The van der Waals surface area contributed by atoms with Gasteiger partial charge in [0.2, 0.25) is 0 Å². The smallest absolute Gasteiger partial charge is 0.151 e. The topological polar surface area (TPSA) is 24.4 Å². The third kappa shape index (κ3) is 3.02. The fraction of sp³-hybridized carbons (Fsp3) is 0.316. The summed E-state index contributed by atoms with van der Waals surface area (Å²) < 4.78 is 0. The van der Waals surface area contributed by atoms with Crippen molar-refractivity contribution in [1.29, 1.82) is 0 Å². The van der Waals surface area contributed by atoms with Crippen molar-refractivity contribution in [2.75, 3.05) is 13.1 Å². The van der Waals surface area contributed by atoms with Crippen LogP contribution in [-0.4, -0.2) is 18.9 Å². The lowest BCUT2D eigenvalue weighted by atomic mass is 9.88. The summed E-state index contributed by atoms with van der Waals surface area (Å²) in [5, 5.41) is 3.48. The first-order valence-electron chi connectivity index (χ1n) is 7.90. The van der Waals surface area contributed by atoms with Gasteiger partial charge in [-0.25, -0.2) is 0 Å². The van der Waals surface area contributed by atoms with Crippen LogP contribution >= 0.6 is 11.6 Å². The minimum Gasteiger partial charge on any atom is -0.372 e. The Labute approximate surface area is 137 Å². The van der Waals surface area contributed by atoms with E-state index in [4.69, 9.17) is 16.6 Å². The van der Waals surface area contributed by atoms with Crippen LogP contribution in [0.1, 0.15) is 30.4 Å². The summed E-state index contributed by atoms with van der Waals surface area (Å²) in [4.78, 5) is 4.03. The molecule has 0 atom stereocenters. The Bertz CT molecular complexity index is 583. The summed E-state index contributed by atoms with van der Waals surface area (Å²) in [5.41, 5.74) is 2.10. The molecule has 0 radical (unpaired) electrons. The molecule has 2 aromatic carbocycles. The van der Waals surface area contributed by atoms with Crippen molar-refractivity contribution in [3.8, 4) is 0 Å². The van der Waals surface area contributed by atoms with E-state index in [0.717, 1.165) is 42.9 Å². The number of rotatable bonds is 3. The van der Waals surface area contributed by atoms with E-state index in [1.807, 2.05) is 36.4 Å². The summed E-state index contributed by atoms with van der Waals surface area (Å²) in [6, 6.07) is 20.4. The number of halogens is 1. The highest BCUT2D eigenvalue weighted by Crippen LogP contribution is 2.37. The molecule has 1 heterocycles. The van der Waals surface area contributed by atoms with Crippen LogP contribution in [0.4, 0.5) is 0 Å². The highest BCUT2D eigenvalue weighted by atomic mass is 35.5. The molecule has 3 heteroatoms. The summed E-state index contributed by atoms with van der Waals surface area (Å²) in [6.07, 6.45) is 3.51. The lowest BCUT2D eigenvalue weighted by Crippen LogP contribution is -2.42. The second-order valence-corrected chi connectivity index (χ2v) is 6.18. The first kappa shape index (κ1) is 15.1. The molecule has 0 amide bonds. The standard InChI is InChI=1S/C19H21ClN2/c20-19(16-10-4-1-5-11-16,17-12-6-2-7-13-17)18-21-14-8-3-9-15-22-18/h1-2,4-7,10-13H,3,8-9,14-15H2,(H,21,22). The number of nitrogens with one attached hydrogen (secondary N) is 1. The molecule has 0 aliphatic carbocycles. The summed E-state index contributed by atoms with van der Waals surface area (Å²) in [5.74, 6) is 0.867. The molecule has 3 rings (SSSR count). The highest BCUT2D eigenvalue weighted by molar-refractivity contribution is 6.38. The Morgan fingerprint density at radius 2 is 1.41 bits per heavy atom. The van der Waals surface area contributed by atoms with Crippen molar-refractivity contribution in [1.82, 2.24) is 5.32 Å². The van der Waals surface area contributed by atoms with Crippen LogP contribution in [0.15, 0.2) is 65.7 Å². The maximum Gasteiger partial charge on any atom is 0.151 e. The molecule has 2 nitrogen and oxygen atoms in total. The van der Waals surface area contributed by atoms with E-state index >= 15 is 0 Å². The Balaban J connectivity index is 2.10. The Hall–Kier alpha value is -1.80. The van der Waals surface area contributed by atoms with Gasteiger partial charge >= 0.3 is 0 Å². The number of nitrogens with zero attached hydrogens (tertiary/aromatic N) is 1. The maximum absolute atomic E-state index is 7.20. The van der Waals surface area contributed by atoms with Crippen LogP contribution in [-0.2, 0) is 4.87 Å². The predicted molar refractivity (Wildman–Crippen MR) is 93.7 cm³/mol. The van der Waals surface area contributed by atoms with Crippen molar-refractivity contribution in [2.45, 2.75) is 24.1 Å². The van der Waals surface area contributed by atoms with Gasteiger partial charge in [-0.1, -0.05) is 60.7 Å². The molecule has 1 aliphatic heterocycles. The van der Waals surface area contributed by atoms with Gasteiger partial charge in [-0.05, 0) is 30.4 Å². The third-order valence-corrected chi connectivity index (χ3v) is 4.68. The monoisotopic (exact) mass is 312 g/mol. The third-order valence-electron chi connectivity index (χ3n) is 4.07. The van der Waals surface area contributed by atoms with Crippen molar-refractivity contribution in [2.24, 2.45) is 4.99 Å². The summed E-state index contributed by atoms with van der Waals surface area (Å²) in [7, 11) is 0. The molecule has 0 fully saturated rings. The average Bonchev–Trinajstić information content (AvgIpc) is 2.55. The number of alkyl halides is 1. The van der Waals surface area contributed by atoms with Crippen LogP contribution in [0.3, 0.4) is 0 Å². The highest BCUT2D eigenvalue weighted by Gasteiger charge is 2.37. The Morgan fingerprint density at radius 3 is 2.00 bits per heavy atom. The second kappa shape index (κ2) is 6.97. The van der Waals surface area contributed by atoms with Gasteiger partial charge in [-0.2, -0.15) is 0 Å². The first-order valence-corrected chi connectivity index (χ1v) is 8.28. The molecule has 1 aliphatic rings. The largest absolute Gasteiger partial charge is 0.372 e. The molecule has 0 spiro atoms. The van der Waals surface area contributed by atoms with Gasteiger partial charge in [0.15, 0.2) is 4.87 Å². The molecule has 22 heavy (non-hydrogen) atoms. The maximum atomic E-state index is 7.20. The Kier molecular flexibility index (Phi) is 4.79. The van der Waals surface area contributed by atoms with E-state index < -0.39 is 4.87 Å². The molecule has 114 valence electrons. The summed E-state index contributed by atoms with van der Waals surface area (Å²) >= 11 is 7.20. The van der Waals surface area contributed by atoms with Crippen molar-refractivity contribution in [3.05, 3.63) is 71.8 Å². The van der Waals surface area contributed by atoms with Crippen LogP contribution in [0, 0.1) is 0 Å². The first-order chi connectivity index (χ1) is 10.8. The van der Waals surface area contributed by atoms with E-state index in [0.29, 0.717) is 0 Å². The average molecular weight is 313 g/mol. The van der Waals surface area contributed by atoms with Gasteiger partial charge in [0.1, 0.15) is 5.84 Å². The van der Waals surface area contributed by atoms with Gasteiger partial charge in [0.25, 0.3) is 0 Å². The fourth-order valence-electron chi connectivity index (χ4n) is 2.87. The van der Waals surface area contributed by atoms with E-state index in [1.165, 1.54) is 6.42 Å². The molecule has 1 N–H and O–H groups in total. The number of aliphatic imine (C=N–C) groups is 1.